The van der Waals surface area contributed by atoms with Crippen LogP contribution in [0.25, 0.3) is 121 Å². The predicted molar refractivity (Wildman–Crippen MR) is 229 cm³/mol. The lowest BCUT2D eigenvalue weighted by Crippen LogP contribution is -2.00. The first-order valence-electron chi connectivity index (χ1n) is 18.7. The number of rotatable bonds is 4. The number of fused-ring (bicyclic) bond motifs is 10. The molecule has 9 aromatic carbocycles. The van der Waals surface area contributed by atoms with E-state index in [0.717, 1.165) is 82.5 Å². The van der Waals surface area contributed by atoms with Crippen LogP contribution in [-0.2, 0) is 0 Å². The maximum atomic E-state index is 6.58. The van der Waals surface area contributed by atoms with E-state index in [9.17, 15) is 0 Å². The molecule has 5 heteroatoms. The highest BCUT2D eigenvalue weighted by molar-refractivity contribution is 6.13. The minimum absolute atomic E-state index is 0.576. The Kier molecular flexibility index (Phi) is 6.56. The molecule has 0 N–H and O–H groups in total. The van der Waals surface area contributed by atoms with E-state index in [2.05, 4.69) is 133 Å². The number of benzene rings is 9. The van der Waals surface area contributed by atoms with Crippen LogP contribution in [0.2, 0.25) is 0 Å². The fourth-order valence-electron chi connectivity index (χ4n) is 8.32. The summed E-state index contributed by atoms with van der Waals surface area (Å²) in [4.78, 5) is 15.6. The summed E-state index contributed by atoms with van der Waals surface area (Å²) in [6, 6.07) is 61.2. The van der Waals surface area contributed by atoms with Crippen LogP contribution in [-0.4, -0.2) is 15.0 Å². The van der Waals surface area contributed by atoms with Crippen molar-refractivity contribution in [3.8, 4) is 45.3 Å². The van der Waals surface area contributed by atoms with Crippen LogP contribution in [0.3, 0.4) is 0 Å². The zero-order valence-electron chi connectivity index (χ0n) is 29.9. The molecule has 260 valence electrons. The molecule has 3 heterocycles. The van der Waals surface area contributed by atoms with E-state index in [4.69, 9.17) is 23.8 Å². The first-order valence-corrected chi connectivity index (χ1v) is 18.7. The second kappa shape index (κ2) is 11.9. The van der Waals surface area contributed by atoms with Gasteiger partial charge >= 0.3 is 0 Å². The van der Waals surface area contributed by atoms with Crippen molar-refractivity contribution in [3.63, 3.8) is 0 Å². The van der Waals surface area contributed by atoms with Gasteiger partial charge in [0.05, 0.1) is 0 Å². The van der Waals surface area contributed by atoms with Gasteiger partial charge in [0, 0.05) is 38.2 Å². The van der Waals surface area contributed by atoms with Gasteiger partial charge in [0.15, 0.2) is 17.5 Å². The van der Waals surface area contributed by atoms with Gasteiger partial charge in [-0.1, -0.05) is 121 Å². The van der Waals surface area contributed by atoms with E-state index in [1.54, 1.807) is 0 Å². The second-order valence-corrected chi connectivity index (χ2v) is 14.4. The minimum Gasteiger partial charge on any atom is -0.456 e. The Morgan fingerprint density at radius 2 is 0.857 bits per heavy atom. The molecule has 5 nitrogen and oxygen atoms in total. The summed E-state index contributed by atoms with van der Waals surface area (Å²) in [7, 11) is 0. The summed E-state index contributed by atoms with van der Waals surface area (Å²) < 4.78 is 12.8. The molecule has 0 saturated carbocycles. The number of hydrogen-bond acceptors (Lipinski definition) is 5. The van der Waals surface area contributed by atoms with E-state index in [-0.39, 0.29) is 0 Å². The Balaban J connectivity index is 1.07. The Labute approximate surface area is 320 Å². The average Bonchev–Trinajstić information content (AvgIpc) is 3.83. The zero-order valence-corrected chi connectivity index (χ0v) is 29.9. The molecule has 0 bridgehead atoms. The highest BCUT2D eigenvalue weighted by Gasteiger charge is 2.19. The number of furan rings is 2. The number of aromatic nitrogens is 3. The summed E-state index contributed by atoms with van der Waals surface area (Å²) in [5.74, 6) is 1.76. The van der Waals surface area contributed by atoms with Gasteiger partial charge in [-0.3, -0.25) is 0 Å². The van der Waals surface area contributed by atoms with Crippen LogP contribution < -0.4 is 0 Å². The van der Waals surface area contributed by atoms with Crippen LogP contribution >= 0.6 is 0 Å². The molecule has 0 fully saturated rings. The molecule has 0 spiro atoms. The molecule has 0 atom stereocenters. The van der Waals surface area contributed by atoms with Crippen LogP contribution in [0.4, 0.5) is 0 Å². The Hall–Kier alpha value is -7.63. The summed E-state index contributed by atoms with van der Waals surface area (Å²) >= 11 is 0. The number of para-hydroxylation sites is 1. The summed E-state index contributed by atoms with van der Waals surface area (Å²) in [5, 5.41) is 11.2. The van der Waals surface area contributed by atoms with E-state index in [1.807, 2.05) is 42.5 Å². The van der Waals surface area contributed by atoms with Gasteiger partial charge in [0.1, 0.15) is 22.3 Å². The van der Waals surface area contributed by atoms with Crippen LogP contribution in [0, 0.1) is 0 Å². The van der Waals surface area contributed by atoms with Crippen molar-refractivity contribution in [2.24, 2.45) is 0 Å². The first-order chi connectivity index (χ1) is 27.7. The largest absolute Gasteiger partial charge is 0.456 e. The molecular formula is C51H29N3O2. The third-order valence-electron chi connectivity index (χ3n) is 11.1. The van der Waals surface area contributed by atoms with Crippen molar-refractivity contribution >= 4 is 76.2 Å². The summed E-state index contributed by atoms with van der Waals surface area (Å²) in [5.41, 5.74) is 8.17. The third-order valence-corrected chi connectivity index (χ3v) is 11.1. The highest BCUT2D eigenvalue weighted by atomic mass is 16.3. The lowest BCUT2D eigenvalue weighted by molar-refractivity contribution is 0.668. The van der Waals surface area contributed by atoms with Gasteiger partial charge in [0.2, 0.25) is 0 Å². The van der Waals surface area contributed by atoms with Gasteiger partial charge in [-0.25, -0.2) is 15.0 Å². The molecule has 0 amide bonds. The summed E-state index contributed by atoms with van der Waals surface area (Å²) in [6.45, 7) is 0. The first kappa shape index (κ1) is 30.8. The maximum absolute atomic E-state index is 6.58. The molecule has 12 aromatic rings. The number of nitrogens with zero attached hydrogens (tertiary/aromatic N) is 3. The van der Waals surface area contributed by atoms with Crippen molar-refractivity contribution < 1.29 is 8.83 Å². The summed E-state index contributed by atoms with van der Waals surface area (Å²) in [6.07, 6.45) is 0. The van der Waals surface area contributed by atoms with Crippen molar-refractivity contribution in [3.05, 3.63) is 176 Å². The molecule has 56 heavy (non-hydrogen) atoms. The lowest BCUT2D eigenvalue weighted by Gasteiger charge is -2.11. The fraction of sp³-hybridized carbons (Fsp3) is 0. The molecular weight excluding hydrogens is 687 g/mol. The second-order valence-electron chi connectivity index (χ2n) is 14.4. The molecule has 3 aromatic heterocycles. The molecule has 0 aliphatic rings. The SMILES string of the molecule is c1ccc2cc(-c3ccc4c(c3)oc3cccc(-c5nc(-c6ccc7ccc8ccccc8c7c6)nc(-c6ccc7oc8ccccc8c7c6)n5)c34)ccc2c1. The normalized spacial score (nSPS) is 11.9. The monoisotopic (exact) mass is 715 g/mol. The van der Waals surface area contributed by atoms with Gasteiger partial charge in [-0.2, -0.15) is 0 Å². The minimum atomic E-state index is 0.576. The smallest absolute Gasteiger partial charge is 0.164 e. The molecule has 0 radical (unpaired) electrons. The van der Waals surface area contributed by atoms with Gasteiger partial charge < -0.3 is 8.83 Å². The average molecular weight is 716 g/mol. The van der Waals surface area contributed by atoms with Gasteiger partial charge in [-0.05, 0) is 98.0 Å². The fourth-order valence-corrected chi connectivity index (χ4v) is 8.32. The lowest BCUT2D eigenvalue weighted by atomic mass is 9.99. The zero-order chi connectivity index (χ0) is 36.7. The standard InChI is InChI=1S/C51H29N3O2/c1-2-10-33-26-34(20-16-30(33)8-1)35-22-24-40-47(29-35)56-46-15-7-13-41(48(40)46)51-53-49(36-21-19-32-18-17-31-9-3-4-11-38(31)42(32)27-36)52-50(54-51)37-23-25-45-43(28-37)39-12-5-6-14-44(39)55-45/h1-29H. The van der Waals surface area contributed by atoms with Crippen molar-refractivity contribution in [1.82, 2.24) is 15.0 Å². The van der Waals surface area contributed by atoms with Gasteiger partial charge in [0.25, 0.3) is 0 Å². The van der Waals surface area contributed by atoms with Crippen LogP contribution in [0.5, 0.6) is 0 Å². The van der Waals surface area contributed by atoms with E-state index < -0.39 is 0 Å². The van der Waals surface area contributed by atoms with Crippen LogP contribution in [0.1, 0.15) is 0 Å². The molecule has 0 saturated heterocycles. The Bertz CT molecular complexity index is 3560. The Morgan fingerprint density at radius 1 is 0.286 bits per heavy atom. The predicted octanol–water partition coefficient (Wildman–Crippen LogP) is 13.8. The maximum Gasteiger partial charge on any atom is 0.164 e. The van der Waals surface area contributed by atoms with Crippen molar-refractivity contribution in [2.75, 3.05) is 0 Å². The van der Waals surface area contributed by atoms with E-state index in [0.29, 0.717) is 17.5 Å². The quantitative estimate of drug-likeness (QED) is 0.170. The topological polar surface area (TPSA) is 65.0 Å². The van der Waals surface area contributed by atoms with Crippen molar-refractivity contribution in [2.45, 2.75) is 0 Å². The third kappa shape index (κ3) is 4.84. The van der Waals surface area contributed by atoms with Gasteiger partial charge in [-0.15, -0.1) is 0 Å². The molecule has 12 rings (SSSR count). The van der Waals surface area contributed by atoms with Crippen LogP contribution in [0.15, 0.2) is 185 Å². The molecule has 0 aliphatic heterocycles. The Morgan fingerprint density at radius 3 is 1.73 bits per heavy atom. The highest BCUT2D eigenvalue weighted by Crippen LogP contribution is 2.40. The number of hydrogen-bond donors (Lipinski definition) is 0. The van der Waals surface area contributed by atoms with E-state index in [1.165, 1.54) is 21.5 Å². The molecule has 0 unspecified atom stereocenters. The van der Waals surface area contributed by atoms with E-state index >= 15 is 0 Å². The molecule has 0 aliphatic carbocycles. The van der Waals surface area contributed by atoms with Crippen molar-refractivity contribution in [1.29, 1.82) is 0 Å².